The molecule has 90 valence electrons. The topological polar surface area (TPSA) is 0 Å². The third-order valence-electron chi connectivity index (χ3n) is 4.65. The van der Waals surface area contributed by atoms with Crippen molar-refractivity contribution in [2.45, 2.75) is 47.8 Å². The van der Waals surface area contributed by atoms with E-state index in [0.29, 0.717) is 0 Å². The molecule has 17 heavy (non-hydrogen) atoms. The second-order valence-electron chi connectivity index (χ2n) is 5.79. The van der Waals surface area contributed by atoms with E-state index in [1.165, 1.54) is 25.7 Å². The van der Waals surface area contributed by atoms with Gasteiger partial charge in [-0.25, -0.2) is 0 Å². The minimum atomic E-state index is -1.88. The number of hydrogen-bond donors (Lipinski definition) is 0. The van der Waals surface area contributed by atoms with Crippen LogP contribution in [0.25, 0.3) is 0 Å². The molecular weight excluding hydrogens is 283 g/mol. The molecule has 1 fully saturated rings. The van der Waals surface area contributed by atoms with Crippen LogP contribution in [0.2, 0.25) is 8.26 Å². The summed E-state index contributed by atoms with van der Waals surface area (Å²) in [6, 6.07) is 0. The zero-order valence-corrected chi connectivity index (χ0v) is 13.5. The van der Waals surface area contributed by atoms with Gasteiger partial charge in [-0.3, -0.25) is 0 Å². The predicted octanol–water partition coefficient (Wildman–Crippen LogP) is 5.24. The van der Waals surface area contributed by atoms with Crippen LogP contribution in [0.15, 0.2) is 42.0 Å². The molecule has 0 spiro atoms. The molecule has 1 saturated heterocycles. The Kier molecular flexibility index (Phi) is 3.15. The van der Waals surface area contributed by atoms with Crippen LogP contribution in [0.1, 0.15) is 39.5 Å². The van der Waals surface area contributed by atoms with Crippen LogP contribution >= 0.6 is 0 Å². The van der Waals surface area contributed by atoms with Gasteiger partial charge in [0.15, 0.2) is 0 Å². The Hall–Kier alpha value is -0.157. The fourth-order valence-electron chi connectivity index (χ4n) is 3.45. The van der Waals surface area contributed by atoms with Crippen molar-refractivity contribution < 1.29 is 20.3 Å². The van der Waals surface area contributed by atoms with Gasteiger partial charge >= 0.3 is 110 Å². The van der Waals surface area contributed by atoms with Crippen LogP contribution in [0.3, 0.4) is 0 Å². The van der Waals surface area contributed by atoms with Crippen LogP contribution in [-0.4, -0.2) is 0 Å². The Morgan fingerprint density at radius 2 is 2.06 bits per heavy atom. The van der Waals surface area contributed by atoms with E-state index < -0.39 is 20.3 Å². The van der Waals surface area contributed by atoms with Crippen molar-refractivity contribution in [3.8, 4) is 0 Å². The van der Waals surface area contributed by atoms with Crippen LogP contribution in [0.4, 0.5) is 0 Å². The van der Waals surface area contributed by atoms with Gasteiger partial charge in [0, 0.05) is 0 Å². The van der Waals surface area contributed by atoms with E-state index >= 15 is 0 Å². The maximum atomic E-state index is 2.59. The average molecular weight is 306 g/mol. The molecule has 0 aromatic rings. The molecule has 1 aliphatic heterocycles. The molecular formula is C16H22Zr. The normalized spacial score (nSPS) is 25.3. The summed E-state index contributed by atoms with van der Waals surface area (Å²) in [6.45, 7) is 4.64. The molecule has 0 saturated carbocycles. The quantitative estimate of drug-likeness (QED) is 0.666. The van der Waals surface area contributed by atoms with Gasteiger partial charge in [0.1, 0.15) is 0 Å². The minimum absolute atomic E-state index is 1.29. The molecule has 3 aliphatic rings. The van der Waals surface area contributed by atoms with Gasteiger partial charge in [-0.15, -0.1) is 0 Å². The van der Waals surface area contributed by atoms with Gasteiger partial charge in [0.25, 0.3) is 0 Å². The van der Waals surface area contributed by atoms with Crippen LogP contribution in [-0.2, 0) is 20.3 Å². The van der Waals surface area contributed by atoms with E-state index in [1.807, 2.05) is 6.56 Å². The number of hydrogen-bond acceptors (Lipinski definition) is 0. The third kappa shape index (κ3) is 2.01. The van der Waals surface area contributed by atoms with E-state index in [0.717, 1.165) is 0 Å². The zero-order chi connectivity index (χ0) is 11.9. The summed E-state index contributed by atoms with van der Waals surface area (Å²) in [4.78, 5) is 0. The first-order valence-electron chi connectivity index (χ1n) is 7.02. The molecule has 0 amide bonds. The van der Waals surface area contributed by atoms with E-state index in [1.54, 1.807) is 19.4 Å². The summed E-state index contributed by atoms with van der Waals surface area (Å²) < 4.78 is 7.01. The van der Waals surface area contributed by atoms with Gasteiger partial charge in [-0.1, -0.05) is 0 Å². The van der Waals surface area contributed by atoms with Crippen LogP contribution in [0.5, 0.6) is 0 Å². The Morgan fingerprint density at radius 3 is 2.65 bits per heavy atom. The molecule has 2 aliphatic carbocycles. The van der Waals surface area contributed by atoms with Crippen molar-refractivity contribution in [2.75, 3.05) is 0 Å². The molecule has 3 rings (SSSR count). The van der Waals surface area contributed by atoms with E-state index in [4.69, 9.17) is 0 Å². The molecule has 0 nitrogen and oxygen atoms in total. The summed E-state index contributed by atoms with van der Waals surface area (Å²) >= 11 is -1.88. The zero-order valence-electron chi connectivity index (χ0n) is 11.1. The second kappa shape index (κ2) is 4.50. The Morgan fingerprint density at radius 1 is 1.24 bits per heavy atom. The first-order valence-corrected chi connectivity index (χ1v) is 13.0. The van der Waals surface area contributed by atoms with E-state index in [2.05, 4.69) is 38.2 Å². The monoisotopic (exact) mass is 304 g/mol. The van der Waals surface area contributed by atoms with Crippen molar-refractivity contribution in [1.29, 1.82) is 0 Å². The van der Waals surface area contributed by atoms with Gasteiger partial charge in [-0.2, -0.15) is 0 Å². The van der Waals surface area contributed by atoms with Crippen LogP contribution in [0, 0.1) is 0 Å². The predicted molar refractivity (Wildman–Crippen MR) is 71.8 cm³/mol. The molecule has 0 radical (unpaired) electrons. The molecule has 0 N–H and O–H groups in total. The summed E-state index contributed by atoms with van der Waals surface area (Å²) in [6.07, 6.45) is 15.0. The molecule has 0 unspecified atom stereocenters. The van der Waals surface area contributed by atoms with Gasteiger partial charge in [0.05, 0.1) is 0 Å². The van der Waals surface area contributed by atoms with Crippen molar-refractivity contribution in [1.82, 2.24) is 0 Å². The number of allylic oxidation sites excluding steroid dienone is 8. The van der Waals surface area contributed by atoms with Crippen molar-refractivity contribution >= 4 is 0 Å². The van der Waals surface area contributed by atoms with Gasteiger partial charge in [-0.05, 0) is 0 Å². The first kappa shape index (κ1) is 11.9. The fourth-order valence-corrected chi connectivity index (χ4v) is 16.7. The second-order valence-corrected chi connectivity index (χ2v) is 16.7. The first-order chi connectivity index (χ1) is 8.26. The average Bonchev–Trinajstić information content (AvgIpc) is 2.78. The third-order valence-corrected chi connectivity index (χ3v) is 16.1. The van der Waals surface area contributed by atoms with Gasteiger partial charge < -0.3 is 0 Å². The van der Waals surface area contributed by atoms with Crippen LogP contribution < -0.4 is 0 Å². The summed E-state index contributed by atoms with van der Waals surface area (Å²) in [7, 11) is 0. The molecule has 0 bridgehead atoms. The van der Waals surface area contributed by atoms with Crippen molar-refractivity contribution in [3.05, 3.63) is 42.0 Å². The molecule has 0 aromatic carbocycles. The fraction of sp³-hybridized carbons (Fsp3) is 0.500. The summed E-state index contributed by atoms with van der Waals surface area (Å²) in [5, 5.41) is 0. The number of rotatable bonds is 4. The Labute approximate surface area is 110 Å². The standard InChI is InChI=1S/C9H13.C5H5.C2H4.Zr/c1-3-5-9-7-4-6-8(9)2;1-2-4-5-3-1;1-2;/h6H,3,5,7H2,1-2H3;1-3H,4H2;1-2H2;. The van der Waals surface area contributed by atoms with Crippen molar-refractivity contribution in [3.63, 3.8) is 0 Å². The summed E-state index contributed by atoms with van der Waals surface area (Å²) in [5.74, 6) is 0. The SMILES string of the molecule is CCCC1=C(C)C=[C]([Zr]2([C]3=CC=CC3)[CH2][CH2]2)C1. The Balaban J connectivity index is 1.78. The molecule has 1 heteroatoms. The van der Waals surface area contributed by atoms with Crippen molar-refractivity contribution in [2.24, 2.45) is 0 Å². The summed E-state index contributed by atoms with van der Waals surface area (Å²) in [5.41, 5.74) is 3.36. The molecule has 1 heterocycles. The molecule has 0 atom stereocenters. The van der Waals surface area contributed by atoms with Gasteiger partial charge in [0.2, 0.25) is 0 Å². The Bertz CT molecular complexity index is 456. The maximum absolute atomic E-state index is 2.59. The van der Waals surface area contributed by atoms with E-state index in [-0.39, 0.29) is 0 Å². The van der Waals surface area contributed by atoms with E-state index in [9.17, 15) is 0 Å². The molecule has 0 aromatic heterocycles.